The zero-order valence-electron chi connectivity index (χ0n) is 31.5. The Morgan fingerprint density at radius 2 is 1.18 bits per heavy atom. The molecule has 11 rings (SSSR count). The number of para-hydroxylation sites is 1. The van der Waals surface area contributed by atoms with Gasteiger partial charge < -0.3 is 9.32 Å². The van der Waals surface area contributed by atoms with Gasteiger partial charge in [-0.1, -0.05) is 146 Å². The van der Waals surface area contributed by atoms with Crippen molar-refractivity contribution in [2.45, 2.75) is 25.7 Å². The Balaban J connectivity index is 1.02. The normalized spacial score (nSPS) is 13.6. The topological polar surface area (TPSA) is 16.4 Å². The SMILES string of the molecule is C1=CC(c2cc(-c3ccc(N(c4ccc(-c5ccccc5)cc4)c4cccc5c4sc4ccccc45)cc3)ccc2-c2cccc3c4c(oc23)CCC=C4)=CCC1. The van der Waals surface area contributed by atoms with Crippen LogP contribution in [0.2, 0.25) is 0 Å². The van der Waals surface area contributed by atoms with E-state index in [0.29, 0.717) is 0 Å². The Hall–Kier alpha value is -6.68. The lowest BCUT2D eigenvalue weighted by molar-refractivity contribution is 0.547. The first kappa shape index (κ1) is 33.6. The molecule has 0 fully saturated rings. The van der Waals surface area contributed by atoms with Gasteiger partial charge >= 0.3 is 0 Å². The summed E-state index contributed by atoms with van der Waals surface area (Å²) in [5.74, 6) is 1.10. The highest BCUT2D eigenvalue weighted by molar-refractivity contribution is 7.26. The van der Waals surface area contributed by atoms with E-state index in [1.54, 1.807) is 0 Å². The molecule has 0 spiro atoms. The van der Waals surface area contributed by atoms with E-state index < -0.39 is 0 Å². The number of furan rings is 1. The van der Waals surface area contributed by atoms with Crippen molar-refractivity contribution in [3.05, 3.63) is 199 Å². The number of nitrogens with zero attached hydrogens (tertiary/aromatic N) is 1. The van der Waals surface area contributed by atoms with Gasteiger partial charge in [0.1, 0.15) is 11.3 Å². The van der Waals surface area contributed by atoms with Crippen LogP contribution in [0.15, 0.2) is 186 Å². The summed E-state index contributed by atoms with van der Waals surface area (Å²) in [4.78, 5) is 2.42. The molecule has 0 unspecified atom stereocenters. The molecule has 0 N–H and O–H groups in total. The first-order chi connectivity index (χ1) is 28.3. The van der Waals surface area contributed by atoms with Crippen molar-refractivity contribution >= 4 is 71.2 Å². The molecule has 3 heteroatoms. The maximum Gasteiger partial charge on any atom is 0.142 e. The lowest BCUT2D eigenvalue weighted by Crippen LogP contribution is -2.10. The summed E-state index contributed by atoms with van der Waals surface area (Å²) in [5.41, 5.74) is 15.3. The Morgan fingerprint density at radius 3 is 1.98 bits per heavy atom. The quantitative estimate of drug-likeness (QED) is 0.161. The highest BCUT2D eigenvalue weighted by atomic mass is 32.1. The van der Waals surface area contributed by atoms with Crippen molar-refractivity contribution in [3.63, 3.8) is 0 Å². The van der Waals surface area contributed by atoms with Crippen molar-refractivity contribution in [1.82, 2.24) is 0 Å². The van der Waals surface area contributed by atoms with Gasteiger partial charge in [0.05, 0.1) is 10.4 Å². The van der Waals surface area contributed by atoms with Crippen LogP contribution in [0, 0.1) is 0 Å². The maximum absolute atomic E-state index is 6.62. The summed E-state index contributed by atoms with van der Waals surface area (Å²) in [6.45, 7) is 0. The predicted molar refractivity (Wildman–Crippen MR) is 244 cm³/mol. The Labute approximate surface area is 337 Å². The summed E-state index contributed by atoms with van der Waals surface area (Å²) >= 11 is 1.87. The molecule has 272 valence electrons. The van der Waals surface area contributed by atoms with E-state index in [1.807, 2.05) is 11.3 Å². The van der Waals surface area contributed by atoms with Crippen LogP contribution in [0.3, 0.4) is 0 Å². The van der Waals surface area contributed by atoms with Crippen LogP contribution in [-0.2, 0) is 6.42 Å². The number of rotatable bonds is 7. The minimum Gasteiger partial charge on any atom is -0.460 e. The fourth-order valence-electron chi connectivity index (χ4n) is 8.77. The summed E-state index contributed by atoms with van der Waals surface area (Å²) < 4.78 is 9.21. The largest absolute Gasteiger partial charge is 0.460 e. The molecule has 0 saturated carbocycles. The number of allylic oxidation sites excluding steroid dienone is 5. The molecule has 9 aromatic rings. The van der Waals surface area contributed by atoms with Gasteiger partial charge in [-0.05, 0) is 101 Å². The van der Waals surface area contributed by atoms with Crippen LogP contribution < -0.4 is 4.90 Å². The van der Waals surface area contributed by atoms with Gasteiger partial charge in [-0.3, -0.25) is 0 Å². The minimum atomic E-state index is 0.950. The van der Waals surface area contributed by atoms with Crippen LogP contribution in [0.5, 0.6) is 0 Å². The number of fused-ring (bicyclic) bond motifs is 6. The molecule has 0 aliphatic heterocycles. The first-order valence-electron chi connectivity index (χ1n) is 20.0. The molecular formula is C54H39NOS. The van der Waals surface area contributed by atoms with Gasteiger partial charge in [-0.25, -0.2) is 0 Å². The molecule has 0 bridgehead atoms. The van der Waals surface area contributed by atoms with Gasteiger partial charge in [0.15, 0.2) is 0 Å². The maximum atomic E-state index is 6.62. The lowest BCUT2D eigenvalue weighted by Gasteiger charge is -2.26. The Bertz CT molecular complexity index is 3050. The smallest absolute Gasteiger partial charge is 0.142 e. The molecule has 0 amide bonds. The standard InChI is InChI=1S/C54H39NOS/c1-3-13-36(14-4-1)37-25-30-41(31-26-37)55(50-22-12-21-48-45-18-8-10-24-52(45)57-54(48)50)42-32-27-38(28-33-42)40-29-34-43(49(35-40)39-15-5-2-6-16-39)46-19-11-20-47-44-17-7-9-23-51(44)56-53(46)47/h1,3-5,7-8,10-22,24-35H,2,6,9,23H2. The molecule has 0 radical (unpaired) electrons. The summed E-state index contributed by atoms with van der Waals surface area (Å²) in [7, 11) is 0. The fourth-order valence-corrected chi connectivity index (χ4v) is 9.97. The first-order valence-corrected chi connectivity index (χ1v) is 20.8. The van der Waals surface area contributed by atoms with Gasteiger partial charge in [0.25, 0.3) is 0 Å². The molecule has 2 aliphatic carbocycles. The molecule has 0 saturated heterocycles. The number of benzene rings is 7. The second kappa shape index (κ2) is 14.1. The van der Waals surface area contributed by atoms with Crippen molar-refractivity contribution in [1.29, 1.82) is 0 Å². The predicted octanol–water partition coefficient (Wildman–Crippen LogP) is 16.0. The Kier molecular flexibility index (Phi) is 8.33. The van der Waals surface area contributed by atoms with E-state index in [2.05, 4.69) is 193 Å². The van der Waals surface area contributed by atoms with Gasteiger partial charge in [-0.2, -0.15) is 0 Å². The second-order valence-corrected chi connectivity index (χ2v) is 16.1. The third-order valence-corrected chi connectivity index (χ3v) is 12.8. The van der Waals surface area contributed by atoms with Gasteiger partial charge in [0, 0.05) is 49.8 Å². The highest BCUT2D eigenvalue weighted by Crippen LogP contribution is 2.46. The third kappa shape index (κ3) is 5.94. The molecule has 2 heterocycles. The average molecular weight is 750 g/mol. The molecule has 0 atom stereocenters. The van der Waals surface area contributed by atoms with E-state index in [0.717, 1.165) is 54.0 Å². The minimum absolute atomic E-state index is 0.950. The monoisotopic (exact) mass is 749 g/mol. The van der Waals surface area contributed by atoms with E-state index >= 15 is 0 Å². The molecule has 7 aromatic carbocycles. The van der Waals surface area contributed by atoms with Crippen molar-refractivity contribution < 1.29 is 4.42 Å². The number of hydrogen-bond donors (Lipinski definition) is 0. The van der Waals surface area contributed by atoms with Crippen LogP contribution >= 0.6 is 11.3 Å². The average Bonchev–Trinajstić information content (AvgIpc) is 3.87. The summed E-state index contributed by atoms with van der Waals surface area (Å²) in [6, 6.07) is 57.7. The summed E-state index contributed by atoms with van der Waals surface area (Å²) in [5, 5.41) is 3.79. The fraction of sp³-hybridized carbons (Fsp3) is 0.0741. The van der Waals surface area contributed by atoms with E-state index in [4.69, 9.17) is 4.42 Å². The van der Waals surface area contributed by atoms with Crippen molar-refractivity contribution in [3.8, 4) is 33.4 Å². The number of hydrogen-bond acceptors (Lipinski definition) is 3. The lowest BCUT2D eigenvalue weighted by atomic mass is 9.88. The van der Waals surface area contributed by atoms with E-state index in [9.17, 15) is 0 Å². The second-order valence-electron chi connectivity index (χ2n) is 15.0. The molecule has 2 aliphatic rings. The van der Waals surface area contributed by atoms with Crippen LogP contribution in [0.1, 0.15) is 36.1 Å². The number of aryl methyl sites for hydroxylation is 1. The Morgan fingerprint density at radius 1 is 0.491 bits per heavy atom. The third-order valence-electron chi connectivity index (χ3n) is 11.6. The van der Waals surface area contributed by atoms with E-state index in [-0.39, 0.29) is 0 Å². The number of anilines is 3. The van der Waals surface area contributed by atoms with Crippen LogP contribution in [0.25, 0.3) is 76.2 Å². The molecule has 57 heavy (non-hydrogen) atoms. The molecular weight excluding hydrogens is 711 g/mol. The molecule has 2 aromatic heterocycles. The van der Waals surface area contributed by atoms with Gasteiger partial charge in [-0.15, -0.1) is 11.3 Å². The van der Waals surface area contributed by atoms with E-state index in [1.165, 1.54) is 75.8 Å². The van der Waals surface area contributed by atoms with Crippen molar-refractivity contribution in [2.24, 2.45) is 0 Å². The highest BCUT2D eigenvalue weighted by Gasteiger charge is 2.21. The zero-order chi connectivity index (χ0) is 37.7. The van der Waals surface area contributed by atoms with Crippen LogP contribution in [0.4, 0.5) is 17.1 Å². The molecule has 2 nitrogen and oxygen atoms in total. The van der Waals surface area contributed by atoms with Crippen LogP contribution in [-0.4, -0.2) is 0 Å². The summed E-state index contributed by atoms with van der Waals surface area (Å²) in [6.07, 6.45) is 15.6. The van der Waals surface area contributed by atoms with Gasteiger partial charge in [0.2, 0.25) is 0 Å². The number of thiophene rings is 1. The van der Waals surface area contributed by atoms with Crippen molar-refractivity contribution in [2.75, 3.05) is 4.90 Å². The zero-order valence-corrected chi connectivity index (χ0v) is 32.3.